The number of carbonyl (C=O) groups excluding carboxylic acids is 2. The lowest BCUT2D eigenvalue weighted by molar-refractivity contribution is -0.140. The molecule has 1 rings (SSSR count). The van der Waals surface area contributed by atoms with Crippen LogP contribution in [0.25, 0.3) is 0 Å². The Kier molecular flexibility index (Phi) is 5.12. The van der Waals surface area contributed by atoms with Crippen molar-refractivity contribution in [3.63, 3.8) is 0 Å². The Morgan fingerprint density at radius 3 is 2.12 bits per heavy atom. The minimum Gasteiger partial charge on any atom is -0.396 e. The minimum atomic E-state index is -0.195. The number of imide groups is 1. The van der Waals surface area contributed by atoms with Gasteiger partial charge >= 0.3 is 0 Å². The fourth-order valence-electron chi connectivity index (χ4n) is 2.38. The molecule has 0 aromatic rings. The summed E-state index contributed by atoms with van der Waals surface area (Å²) in [7, 11) is 0. The van der Waals surface area contributed by atoms with Gasteiger partial charge in [-0.25, -0.2) is 0 Å². The molecule has 4 nitrogen and oxygen atoms in total. The average molecular weight is 241 g/mol. The van der Waals surface area contributed by atoms with Gasteiger partial charge in [-0.05, 0) is 18.8 Å². The highest BCUT2D eigenvalue weighted by Gasteiger charge is 2.42. The van der Waals surface area contributed by atoms with Crippen molar-refractivity contribution in [2.75, 3.05) is 13.2 Å². The maximum atomic E-state index is 11.9. The molecule has 4 heteroatoms. The molecule has 3 atom stereocenters. The Labute approximate surface area is 103 Å². The smallest absolute Gasteiger partial charge is 0.232 e. The van der Waals surface area contributed by atoms with E-state index in [1.165, 1.54) is 4.90 Å². The number of carbonyl (C=O) groups is 2. The van der Waals surface area contributed by atoms with E-state index in [1.807, 2.05) is 13.8 Å². The summed E-state index contributed by atoms with van der Waals surface area (Å²) in [4.78, 5) is 25.2. The Morgan fingerprint density at radius 2 is 1.71 bits per heavy atom. The first kappa shape index (κ1) is 14.2. The molecule has 0 saturated carbocycles. The molecule has 0 spiro atoms. The third kappa shape index (κ3) is 3.06. The molecule has 0 aromatic carbocycles. The van der Waals surface area contributed by atoms with Crippen LogP contribution in [0.15, 0.2) is 0 Å². The van der Waals surface area contributed by atoms with E-state index in [-0.39, 0.29) is 36.2 Å². The van der Waals surface area contributed by atoms with E-state index in [4.69, 9.17) is 5.11 Å². The first-order chi connectivity index (χ1) is 8.02. The summed E-state index contributed by atoms with van der Waals surface area (Å²) in [5.74, 6) is -0.267. The number of aliphatic hydroxyl groups excluding tert-OH is 1. The van der Waals surface area contributed by atoms with Crippen molar-refractivity contribution in [2.24, 2.45) is 17.8 Å². The van der Waals surface area contributed by atoms with Gasteiger partial charge in [0, 0.05) is 25.0 Å². The monoisotopic (exact) mass is 241 g/mol. The van der Waals surface area contributed by atoms with Crippen LogP contribution in [0.2, 0.25) is 0 Å². The second-order valence-corrected chi connectivity index (χ2v) is 5.03. The normalized spacial score (nSPS) is 26.7. The third-order valence-electron chi connectivity index (χ3n) is 3.74. The van der Waals surface area contributed by atoms with Crippen LogP contribution in [0.4, 0.5) is 0 Å². The highest BCUT2D eigenvalue weighted by molar-refractivity contribution is 6.04. The highest BCUT2D eigenvalue weighted by Crippen LogP contribution is 2.27. The first-order valence-corrected chi connectivity index (χ1v) is 6.49. The molecule has 1 N–H and O–H groups in total. The van der Waals surface area contributed by atoms with Crippen molar-refractivity contribution in [3.8, 4) is 0 Å². The third-order valence-corrected chi connectivity index (χ3v) is 3.74. The van der Waals surface area contributed by atoms with E-state index in [9.17, 15) is 9.59 Å². The molecule has 3 unspecified atom stereocenters. The Balaban J connectivity index is 2.66. The molecular formula is C13H23NO3. The number of hydrogen-bond acceptors (Lipinski definition) is 3. The van der Waals surface area contributed by atoms with E-state index < -0.39 is 0 Å². The zero-order chi connectivity index (χ0) is 13.0. The van der Waals surface area contributed by atoms with Gasteiger partial charge in [0.25, 0.3) is 0 Å². The molecule has 0 bridgehead atoms. The van der Waals surface area contributed by atoms with Gasteiger partial charge in [0.05, 0.1) is 0 Å². The summed E-state index contributed by atoms with van der Waals surface area (Å²) in [6.45, 7) is 6.29. The summed E-state index contributed by atoms with van der Waals surface area (Å²) in [5.41, 5.74) is 0. The molecule has 1 heterocycles. The fourth-order valence-corrected chi connectivity index (χ4v) is 2.38. The predicted octanol–water partition coefficient (Wildman–Crippen LogP) is 1.43. The van der Waals surface area contributed by atoms with Crippen LogP contribution in [0.3, 0.4) is 0 Å². The molecule has 98 valence electrons. The molecule has 0 aromatic heterocycles. The maximum absolute atomic E-state index is 11.9. The molecular weight excluding hydrogens is 218 g/mol. The van der Waals surface area contributed by atoms with Crippen LogP contribution in [0.1, 0.15) is 40.0 Å². The van der Waals surface area contributed by atoms with Crippen molar-refractivity contribution in [1.29, 1.82) is 0 Å². The van der Waals surface area contributed by atoms with Gasteiger partial charge in [-0.3, -0.25) is 14.5 Å². The van der Waals surface area contributed by atoms with Gasteiger partial charge in [-0.2, -0.15) is 0 Å². The lowest BCUT2D eigenvalue weighted by Crippen LogP contribution is -2.35. The molecule has 0 radical (unpaired) electrons. The van der Waals surface area contributed by atoms with Crippen molar-refractivity contribution in [2.45, 2.75) is 40.0 Å². The summed E-state index contributed by atoms with van der Waals surface area (Å²) in [5, 5.41) is 8.98. The standard InChI is InChI=1S/C13H23NO3/c1-4-5-11(6-7-15)8-14-12(16)9(2)10(3)13(14)17/h9-11,15H,4-8H2,1-3H3. The zero-order valence-corrected chi connectivity index (χ0v) is 11.0. The molecule has 1 saturated heterocycles. The number of aliphatic hydroxyl groups is 1. The van der Waals surface area contributed by atoms with Crippen LogP contribution >= 0.6 is 0 Å². The van der Waals surface area contributed by atoms with Gasteiger partial charge in [-0.1, -0.05) is 27.2 Å². The second-order valence-electron chi connectivity index (χ2n) is 5.03. The van der Waals surface area contributed by atoms with Crippen molar-refractivity contribution in [1.82, 2.24) is 4.90 Å². The largest absolute Gasteiger partial charge is 0.396 e. The molecule has 0 aliphatic carbocycles. The first-order valence-electron chi connectivity index (χ1n) is 6.49. The van der Waals surface area contributed by atoms with Crippen LogP contribution in [-0.4, -0.2) is 35.0 Å². The van der Waals surface area contributed by atoms with Gasteiger partial charge in [0.1, 0.15) is 0 Å². The van der Waals surface area contributed by atoms with Crippen molar-refractivity contribution in [3.05, 3.63) is 0 Å². The quantitative estimate of drug-likeness (QED) is 0.716. The Morgan fingerprint density at radius 1 is 1.18 bits per heavy atom. The van der Waals surface area contributed by atoms with Gasteiger partial charge < -0.3 is 5.11 Å². The summed E-state index contributed by atoms with van der Waals surface area (Å²) in [6, 6.07) is 0. The highest BCUT2D eigenvalue weighted by atomic mass is 16.3. The summed E-state index contributed by atoms with van der Waals surface area (Å²) in [6.07, 6.45) is 2.61. The fraction of sp³-hybridized carbons (Fsp3) is 0.846. The molecule has 1 fully saturated rings. The molecule has 2 amide bonds. The lowest BCUT2D eigenvalue weighted by Gasteiger charge is -2.22. The molecule has 1 aliphatic rings. The van der Waals surface area contributed by atoms with E-state index in [2.05, 4.69) is 6.92 Å². The number of nitrogens with zero attached hydrogens (tertiary/aromatic N) is 1. The SMILES string of the molecule is CCCC(CCO)CN1C(=O)C(C)C(C)C1=O. The number of rotatable bonds is 6. The van der Waals surface area contributed by atoms with Gasteiger partial charge in [-0.15, -0.1) is 0 Å². The van der Waals surface area contributed by atoms with Crippen LogP contribution in [0.5, 0.6) is 0 Å². The lowest BCUT2D eigenvalue weighted by atomic mass is 9.99. The summed E-state index contributed by atoms with van der Waals surface area (Å²) < 4.78 is 0. The van der Waals surface area contributed by atoms with Crippen molar-refractivity contribution < 1.29 is 14.7 Å². The van der Waals surface area contributed by atoms with E-state index in [0.717, 1.165) is 12.8 Å². The number of likely N-dealkylation sites (tertiary alicyclic amines) is 1. The van der Waals surface area contributed by atoms with E-state index in [0.29, 0.717) is 13.0 Å². The predicted molar refractivity (Wildman–Crippen MR) is 65.1 cm³/mol. The van der Waals surface area contributed by atoms with Crippen molar-refractivity contribution >= 4 is 11.8 Å². The zero-order valence-electron chi connectivity index (χ0n) is 11.0. The van der Waals surface area contributed by atoms with Crippen LogP contribution < -0.4 is 0 Å². The second kappa shape index (κ2) is 6.15. The number of hydrogen-bond donors (Lipinski definition) is 1. The average Bonchev–Trinajstić information content (AvgIpc) is 2.47. The Bertz CT molecular complexity index is 264. The van der Waals surface area contributed by atoms with E-state index in [1.54, 1.807) is 0 Å². The van der Waals surface area contributed by atoms with Gasteiger partial charge in [0.15, 0.2) is 0 Å². The molecule has 1 aliphatic heterocycles. The topological polar surface area (TPSA) is 57.6 Å². The molecule has 17 heavy (non-hydrogen) atoms. The summed E-state index contributed by atoms with van der Waals surface area (Å²) >= 11 is 0. The van der Waals surface area contributed by atoms with Crippen LogP contribution in [-0.2, 0) is 9.59 Å². The minimum absolute atomic E-state index is 0.0541. The van der Waals surface area contributed by atoms with Gasteiger partial charge in [0.2, 0.25) is 11.8 Å². The van der Waals surface area contributed by atoms with Crippen LogP contribution in [0, 0.1) is 17.8 Å². The number of amides is 2. The Hall–Kier alpha value is -0.900. The van der Waals surface area contributed by atoms with E-state index >= 15 is 0 Å². The maximum Gasteiger partial charge on any atom is 0.232 e.